The van der Waals surface area contributed by atoms with Gasteiger partial charge in [-0.05, 0) is 13.8 Å². The van der Waals surface area contributed by atoms with E-state index in [1.807, 2.05) is 0 Å². The molecule has 0 saturated carbocycles. The Balaban J connectivity index is 2.20. The first-order valence-corrected chi connectivity index (χ1v) is 3.40. The van der Waals surface area contributed by atoms with Crippen molar-refractivity contribution >= 4 is 9.24 Å². The summed E-state index contributed by atoms with van der Waals surface area (Å²) in [7, 11) is 2.79. The first-order valence-electron chi connectivity index (χ1n) is 2.73. The van der Waals surface area contributed by atoms with Crippen LogP contribution in [0.2, 0.25) is 0 Å². The van der Waals surface area contributed by atoms with Crippen LogP contribution in [0, 0.1) is 0 Å². The molecule has 1 heterocycles. The van der Waals surface area contributed by atoms with Crippen LogP contribution in [0.1, 0.15) is 13.8 Å². The minimum atomic E-state index is 0.690. The second-order valence-corrected chi connectivity index (χ2v) is 3.25. The van der Waals surface area contributed by atoms with Crippen LogP contribution in [0.15, 0.2) is 0 Å². The second-order valence-electron chi connectivity index (χ2n) is 2.29. The van der Waals surface area contributed by atoms with Crippen LogP contribution in [0.5, 0.6) is 0 Å². The molecule has 42 valence electrons. The van der Waals surface area contributed by atoms with Gasteiger partial charge in [-0.25, -0.2) is 0 Å². The summed E-state index contributed by atoms with van der Waals surface area (Å²) >= 11 is 0. The SMILES string of the molecule is CC(P)N1CC1C. The first kappa shape index (κ1) is 5.53. The van der Waals surface area contributed by atoms with Gasteiger partial charge in [0.25, 0.3) is 0 Å². The van der Waals surface area contributed by atoms with Crippen LogP contribution >= 0.6 is 9.24 Å². The van der Waals surface area contributed by atoms with Gasteiger partial charge in [-0.15, -0.1) is 9.24 Å². The van der Waals surface area contributed by atoms with Gasteiger partial charge in [-0.3, -0.25) is 4.90 Å². The minimum absolute atomic E-state index is 0.690. The largest absolute Gasteiger partial charge is 0.292 e. The van der Waals surface area contributed by atoms with Crippen LogP contribution in [-0.2, 0) is 0 Å². The fourth-order valence-electron chi connectivity index (χ4n) is 0.826. The lowest BCUT2D eigenvalue weighted by atomic mass is 10.6. The van der Waals surface area contributed by atoms with Crippen molar-refractivity contribution in [2.75, 3.05) is 6.54 Å². The molecule has 0 amide bonds. The number of hydrogen-bond acceptors (Lipinski definition) is 1. The Bertz CT molecular complexity index is 72.5. The Labute approximate surface area is 47.3 Å². The minimum Gasteiger partial charge on any atom is -0.292 e. The average molecular weight is 117 g/mol. The summed E-state index contributed by atoms with van der Waals surface area (Å²) in [4.78, 5) is 2.42. The second kappa shape index (κ2) is 1.72. The van der Waals surface area contributed by atoms with Gasteiger partial charge >= 0.3 is 0 Å². The standard InChI is InChI=1S/C5H12NP/c1-4-3-6(4)5(2)7/h4-5H,3,7H2,1-2H3. The third-order valence-electron chi connectivity index (χ3n) is 1.43. The van der Waals surface area contributed by atoms with E-state index in [9.17, 15) is 0 Å². The zero-order valence-corrected chi connectivity index (χ0v) is 6.04. The number of hydrogen-bond donors (Lipinski definition) is 0. The lowest BCUT2D eigenvalue weighted by Crippen LogP contribution is -2.05. The molecular formula is C5H12NP. The molecule has 0 spiro atoms. The smallest absolute Gasteiger partial charge is 0.0215 e. The molecule has 1 fully saturated rings. The van der Waals surface area contributed by atoms with E-state index in [2.05, 4.69) is 28.0 Å². The third kappa shape index (κ3) is 1.14. The molecule has 4 atom stereocenters. The summed E-state index contributed by atoms with van der Waals surface area (Å²) in [5.41, 5.74) is 0. The highest BCUT2D eigenvalue weighted by atomic mass is 31.0. The Hall–Kier alpha value is 0.390. The maximum absolute atomic E-state index is 2.79. The fraction of sp³-hybridized carbons (Fsp3) is 1.00. The van der Waals surface area contributed by atoms with E-state index in [-0.39, 0.29) is 0 Å². The van der Waals surface area contributed by atoms with Gasteiger partial charge in [-0.1, -0.05) is 0 Å². The molecule has 1 nitrogen and oxygen atoms in total. The first-order chi connectivity index (χ1) is 3.22. The summed E-state index contributed by atoms with van der Waals surface area (Å²) < 4.78 is 0. The Morgan fingerprint density at radius 3 is 2.29 bits per heavy atom. The van der Waals surface area contributed by atoms with Crippen molar-refractivity contribution in [3.63, 3.8) is 0 Å². The molecule has 0 aliphatic carbocycles. The lowest BCUT2D eigenvalue weighted by molar-refractivity contribution is 0.512. The van der Waals surface area contributed by atoms with Crippen LogP contribution in [0.3, 0.4) is 0 Å². The van der Waals surface area contributed by atoms with Gasteiger partial charge in [0, 0.05) is 18.4 Å². The van der Waals surface area contributed by atoms with E-state index in [0.717, 1.165) is 6.04 Å². The highest BCUT2D eigenvalue weighted by Crippen LogP contribution is 2.22. The highest BCUT2D eigenvalue weighted by molar-refractivity contribution is 7.17. The molecule has 0 bridgehead atoms. The molecule has 0 aromatic carbocycles. The summed E-state index contributed by atoms with van der Waals surface area (Å²) in [6, 6.07) is 0.854. The summed E-state index contributed by atoms with van der Waals surface area (Å²) in [5.74, 6) is 0.690. The van der Waals surface area contributed by atoms with E-state index < -0.39 is 0 Å². The van der Waals surface area contributed by atoms with Crippen molar-refractivity contribution in [1.29, 1.82) is 0 Å². The summed E-state index contributed by atoms with van der Waals surface area (Å²) in [6.07, 6.45) is 0. The quantitative estimate of drug-likeness (QED) is 0.364. The summed E-state index contributed by atoms with van der Waals surface area (Å²) in [5, 5.41) is 0. The van der Waals surface area contributed by atoms with Crippen LogP contribution in [0.4, 0.5) is 0 Å². The van der Waals surface area contributed by atoms with E-state index in [0.29, 0.717) is 5.78 Å². The van der Waals surface area contributed by atoms with Gasteiger partial charge in [0.2, 0.25) is 0 Å². The van der Waals surface area contributed by atoms with Gasteiger partial charge in [0.1, 0.15) is 0 Å². The molecule has 0 aromatic rings. The van der Waals surface area contributed by atoms with Crippen LogP contribution in [-0.4, -0.2) is 23.3 Å². The molecule has 0 aromatic heterocycles. The predicted octanol–water partition coefficient (Wildman–Crippen LogP) is 0.912. The van der Waals surface area contributed by atoms with Crippen molar-refractivity contribution in [3.05, 3.63) is 0 Å². The van der Waals surface area contributed by atoms with Crippen molar-refractivity contribution in [2.45, 2.75) is 25.7 Å². The maximum atomic E-state index is 2.79. The average Bonchev–Trinajstić information content (AvgIpc) is 2.17. The van der Waals surface area contributed by atoms with E-state index >= 15 is 0 Å². The Kier molecular flexibility index (Phi) is 1.36. The van der Waals surface area contributed by atoms with E-state index in [1.54, 1.807) is 0 Å². The molecule has 1 saturated heterocycles. The zero-order valence-electron chi connectivity index (χ0n) is 4.89. The molecule has 7 heavy (non-hydrogen) atoms. The van der Waals surface area contributed by atoms with E-state index in [4.69, 9.17) is 0 Å². The predicted molar refractivity (Wildman–Crippen MR) is 35.3 cm³/mol. The van der Waals surface area contributed by atoms with Gasteiger partial charge < -0.3 is 0 Å². The Morgan fingerprint density at radius 1 is 1.86 bits per heavy atom. The monoisotopic (exact) mass is 117 g/mol. The topological polar surface area (TPSA) is 3.01 Å². The molecule has 0 radical (unpaired) electrons. The van der Waals surface area contributed by atoms with Crippen LogP contribution in [0.25, 0.3) is 0 Å². The molecule has 0 N–H and O–H groups in total. The third-order valence-corrected chi connectivity index (χ3v) is 1.81. The van der Waals surface area contributed by atoms with Crippen molar-refractivity contribution in [2.24, 2.45) is 0 Å². The molecule has 4 unspecified atom stereocenters. The lowest BCUT2D eigenvalue weighted by Gasteiger charge is -2.02. The number of rotatable bonds is 1. The van der Waals surface area contributed by atoms with Crippen LogP contribution < -0.4 is 0 Å². The van der Waals surface area contributed by atoms with Gasteiger partial charge in [0.05, 0.1) is 0 Å². The summed E-state index contributed by atoms with van der Waals surface area (Å²) in [6.45, 7) is 5.75. The molecule has 1 rings (SSSR count). The van der Waals surface area contributed by atoms with Crippen molar-refractivity contribution < 1.29 is 0 Å². The fourth-order valence-corrected chi connectivity index (χ4v) is 1.24. The van der Waals surface area contributed by atoms with Gasteiger partial charge in [0.15, 0.2) is 0 Å². The van der Waals surface area contributed by atoms with Crippen molar-refractivity contribution in [1.82, 2.24) is 4.90 Å². The molecule has 2 heteroatoms. The molecule has 1 aliphatic rings. The van der Waals surface area contributed by atoms with E-state index in [1.165, 1.54) is 6.54 Å². The highest BCUT2D eigenvalue weighted by Gasteiger charge is 2.30. The maximum Gasteiger partial charge on any atom is 0.0215 e. The number of nitrogens with zero attached hydrogens (tertiary/aromatic N) is 1. The zero-order chi connectivity index (χ0) is 5.44. The Morgan fingerprint density at radius 2 is 2.29 bits per heavy atom. The van der Waals surface area contributed by atoms with Gasteiger partial charge in [-0.2, -0.15) is 0 Å². The molecular weight excluding hydrogens is 105 g/mol. The normalized spacial score (nSPS) is 43.3. The van der Waals surface area contributed by atoms with Crippen molar-refractivity contribution in [3.8, 4) is 0 Å². The molecule has 1 aliphatic heterocycles.